The van der Waals surface area contributed by atoms with Crippen molar-refractivity contribution in [3.05, 3.63) is 0 Å². The van der Waals surface area contributed by atoms with E-state index in [9.17, 15) is 9.90 Å². The highest BCUT2D eigenvalue weighted by Gasteiger charge is 2.55. The van der Waals surface area contributed by atoms with Crippen molar-refractivity contribution in [3.8, 4) is 0 Å². The minimum absolute atomic E-state index is 0.0855. The number of aliphatic carboxylic acids is 1. The third-order valence-corrected chi connectivity index (χ3v) is 4.01. The van der Waals surface area contributed by atoms with E-state index in [1.54, 1.807) is 0 Å². The maximum atomic E-state index is 11.7. The van der Waals surface area contributed by atoms with Gasteiger partial charge >= 0.3 is 5.97 Å². The number of rotatable bonds is 7. The summed E-state index contributed by atoms with van der Waals surface area (Å²) in [6, 6.07) is 0. The van der Waals surface area contributed by atoms with Crippen LogP contribution < -0.4 is 0 Å². The molecule has 2 unspecified atom stereocenters. The lowest BCUT2D eigenvalue weighted by Gasteiger charge is -2.29. The molecule has 0 aromatic carbocycles. The number of carboxylic acids is 1. The van der Waals surface area contributed by atoms with Crippen molar-refractivity contribution in [1.29, 1.82) is 0 Å². The van der Waals surface area contributed by atoms with Crippen LogP contribution in [0.2, 0.25) is 0 Å². The molecule has 4 heteroatoms. The molecule has 0 bridgehead atoms. The van der Waals surface area contributed by atoms with E-state index in [-0.39, 0.29) is 6.10 Å². The molecule has 18 heavy (non-hydrogen) atoms. The van der Waals surface area contributed by atoms with Crippen molar-refractivity contribution in [1.82, 2.24) is 0 Å². The lowest BCUT2D eigenvalue weighted by molar-refractivity contribution is -0.155. The van der Waals surface area contributed by atoms with Gasteiger partial charge in [-0.2, -0.15) is 0 Å². The molecule has 4 nitrogen and oxygen atoms in total. The first-order valence-electron chi connectivity index (χ1n) is 6.99. The molecule has 2 atom stereocenters. The standard InChI is InChI=1S/C14H24O4/c1-10(2)9-17-7-5-14(13(15)16)6-8-18-12(14)11-3-4-11/h10-12H,3-9H2,1-2H3,(H,15,16). The second kappa shape index (κ2) is 5.57. The zero-order valence-electron chi connectivity index (χ0n) is 11.4. The fraction of sp³-hybridized carbons (Fsp3) is 0.929. The van der Waals surface area contributed by atoms with E-state index in [1.807, 2.05) is 0 Å². The highest BCUT2D eigenvalue weighted by molar-refractivity contribution is 5.76. The van der Waals surface area contributed by atoms with Gasteiger partial charge in [0.25, 0.3) is 0 Å². The Bertz CT molecular complexity index is 298. The van der Waals surface area contributed by atoms with Crippen molar-refractivity contribution in [3.63, 3.8) is 0 Å². The van der Waals surface area contributed by atoms with Gasteiger partial charge in [0.1, 0.15) is 0 Å². The number of carbonyl (C=O) groups is 1. The quantitative estimate of drug-likeness (QED) is 0.710. The van der Waals surface area contributed by atoms with Crippen molar-refractivity contribution in [2.75, 3.05) is 19.8 Å². The summed E-state index contributed by atoms with van der Waals surface area (Å²) in [4.78, 5) is 11.7. The number of hydrogen-bond acceptors (Lipinski definition) is 3. The van der Waals surface area contributed by atoms with Crippen molar-refractivity contribution in [2.24, 2.45) is 17.3 Å². The summed E-state index contributed by atoms with van der Waals surface area (Å²) in [5.41, 5.74) is -0.696. The molecular weight excluding hydrogens is 232 g/mol. The zero-order chi connectivity index (χ0) is 13.2. The lowest BCUT2D eigenvalue weighted by atomic mass is 9.76. The van der Waals surface area contributed by atoms with Crippen LogP contribution in [0.1, 0.15) is 39.5 Å². The molecule has 104 valence electrons. The first-order chi connectivity index (χ1) is 8.56. The van der Waals surface area contributed by atoms with Crippen LogP contribution in [0.5, 0.6) is 0 Å². The second-order valence-corrected chi connectivity index (χ2v) is 6.06. The van der Waals surface area contributed by atoms with Crippen LogP contribution >= 0.6 is 0 Å². The van der Waals surface area contributed by atoms with Gasteiger partial charge in [0.2, 0.25) is 0 Å². The summed E-state index contributed by atoms with van der Waals surface area (Å²) >= 11 is 0. The predicted octanol–water partition coefficient (Wildman–Crippen LogP) is 2.32. The van der Waals surface area contributed by atoms with Crippen LogP contribution in [0.25, 0.3) is 0 Å². The van der Waals surface area contributed by atoms with Crippen molar-refractivity contribution in [2.45, 2.75) is 45.6 Å². The van der Waals surface area contributed by atoms with E-state index in [1.165, 1.54) is 0 Å². The van der Waals surface area contributed by atoms with E-state index in [4.69, 9.17) is 9.47 Å². The Morgan fingerprint density at radius 1 is 1.50 bits per heavy atom. The van der Waals surface area contributed by atoms with Gasteiger partial charge in [-0.15, -0.1) is 0 Å². The van der Waals surface area contributed by atoms with Crippen molar-refractivity contribution < 1.29 is 19.4 Å². The molecule has 1 N–H and O–H groups in total. The maximum Gasteiger partial charge on any atom is 0.312 e. The lowest BCUT2D eigenvalue weighted by Crippen LogP contribution is -2.41. The summed E-state index contributed by atoms with van der Waals surface area (Å²) in [5.74, 6) is 0.253. The molecule has 1 aliphatic heterocycles. The first-order valence-corrected chi connectivity index (χ1v) is 6.99. The molecule has 2 fully saturated rings. The Kier molecular flexibility index (Phi) is 4.28. The Balaban J connectivity index is 1.91. The monoisotopic (exact) mass is 256 g/mol. The molecule has 1 saturated heterocycles. The third-order valence-electron chi connectivity index (χ3n) is 4.01. The SMILES string of the molecule is CC(C)COCCC1(C(=O)O)CCOC1C1CC1. The molecule has 0 radical (unpaired) electrons. The predicted molar refractivity (Wildman–Crippen MR) is 67.4 cm³/mol. The van der Waals surface area contributed by atoms with Gasteiger partial charge in [-0.1, -0.05) is 13.8 Å². The number of ether oxygens (including phenoxy) is 2. The fourth-order valence-electron chi connectivity index (χ4n) is 2.83. The van der Waals surface area contributed by atoms with E-state index >= 15 is 0 Å². The van der Waals surface area contributed by atoms with E-state index < -0.39 is 11.4 Å². The molecule has 0 spiro atoms. The molecule has 1 heterocycles. The van der Waals surface area contributed by atoms with Crippen LogP contribution in [-0.4, -0.2) is 37.0 Å². The summed E-state index contributed by atoms with van der Waals surface area (Å²) < 4.78 is 11.3. The Labute approximate surface area is 109 Å². The second-order valence-electron chi connectivity index (χ2n) is 6.06. The third kappa shape index (κ3) is 2.86. The van der Waals surface area contributed by atoms with E-state index in [0.29, 0.717) is 44.5 Å². The number of carboxylic acid groups (broad SMARTS) is 1. The van der Waals surface area contributed by atoms with E-state index in [2.05, 4.69) is 13.8 Å². The molecule has 1 saturated carbocycles. The molecular formula is C14H24O4. The normalized spacial score (nSPS) is 32.1. The number of hydrogen-bond donors (Lipinski definition) is 1. The summed E-state index contributed by atoms with van der Waals surface area (Å²) in [5, 5.41) is 9.58. The molecule has 1 aliphatic carbocycles. The van der Waals surface area contributed by atoms with Gasteiger partial charge in [0.05, 0.1) is 11.5 Å². The summed E-state index contributed by atoms with van der Waals surface area (Å²) in [7, 11) is 0. The molecule has 0 aromatic rings. The maximum absolute atomic E-state index is 11.7. The van der Waals surface area contributed by atoms with Gasteiger partial charge < -0.3 is 14.6 Å². The minimum atomic E-state index is -0.704. The fourth-order valence-corrected chi connectivity index (χ4v) is 2.83. The van der Waals surface area contributed by atoms with Gasteiger partial charge in [0.15, 0.2) is 0 Å². The van der Waals surface area contributed by atoms with Gasteiger partial charge in [-0.25, -0.2) is 0 Å². The topological polar surface area (TPSA) is 55.8 Å². The van der Waals surface area contributed by atoms with Crippen LogP contribution in [0.15, 0.2) is 0 Å². The minimum Gasteiger partial charge on any atom is -0.481 e. The van der Waals surface area contributed by atoms with Gasteiger partial charge in [0, 0.05) is 19.8 Å². The molecule has 2 aliphatic rings. The molecule has 0 amide bonds. The van der Waals surface area contributed by atoms with Gasteiger partial charge in [-0.05, 0) is 37.5 Å². The summed E-state index contributed by atoms with van der Waals surface area (Å²) in [6.45, 7) is 6.00. The highest BCUT2D eigenvalue weighted by Crippen LogP contribution is 2.49. The van der Waals surface area contributed by atoms with E-state index in [0.717, 1.165) is 12.8 Å². The Morgan fingerprint density at radius 2 is 2.22 bits per heavy atom. The molecule has 2 rings (SSSR count). The highest BCUT2D eigenvalue weighted by atomic mass is 16.5. The van der Waals surface area contributed by atoms with Gasteiger partial charge in [-0.3, -0.25) is 4.79 Å². The smallest absolute Gasteiger partial charge is 0.312 e. The van der Waals surface area contributed by atoms with Crippen molar-refractivity contribution >= 4 is 5.97 Å². The Hall–Kier alpha value is -0.610. The van der Waals surface area contributed by atoms with Crippen LogP contribution in [-0.2, 0) is 14.3 Å². The largest absolute Gasteiger partial charge is 0.481 e. The zero-order valence-corrected chi connectivity index (χ0v) is 11.4. The average molecular weight is 256 g/mol. The summed E-state index contributed by atoms with van der Waals surface area (Å²) in [6.07, 6.45) is 3.36. The van der Waals surface area contributed by atoms with Crippen LogP contribution in [0, 0.1) is 17.3 Å². The van der Waals surface area contributed by atoms with Crippen LogP contribution in [0.3, 0.4) is 0 Å². The van der Waals surface area contributed by atoms with Crippen LogP contribution in [0.4, 0.5) is 0 Å². The first kappa shape index (κ1) is 13.8. The molecule has 0 aromatic heterocycles. The Morgan fingerprint density at radius 3 is 2.78 bits per heavy atom. The average Bonchev–Trinajstić information content (AvgIpc) is 3.05.